The summed E-state index contributed by atoms with van der Waals surface area (Å²) in [5, 5.41) is 3.45. The van der Waals surface area contributed by atoms with Crippen LogP contribution in [0.5, 0.6) is 5.75 Å². The fraction of sp³-hybridized carbons (Fsp3) is 0.600. The van der Waals surface area contributed by atoms with Gasteiger partial charge in [0.15, 0.2) is 0 Å². The van der Waals surface area contributed by atoms with E-state index in [0.29, 0.717) is 6.04 Å². The zero-order chi connectivity index (χ0) is 12.7. The molecule has 0 saturated carbocycles. The molecule has 1 rings (SSSR count). The summed E-state index contributed by atoms with van der Waals surface area (Å²) in [7, 11) is 3.77. The van der Waals surface area contributed by atoms with Gasteiger partial charge in [-0.3, -0.25) is 0 Å². The van der Waals surface area contributed by atoms with Gasteiger partial charge in [-0.1, -0.05) is 38.8 Å². The number of rotatable bonds is 7. The van der Waals surface area contributed by atoms with E-state index in [0.717, 1.165) is 18.1 Å². The lowest BCUT2D eigenvalue weighted by Gasteiger charge is -2.25. The van der Waals surface area contributed by atoms with E-state index in [4.69, 9.17) is 4.74 Å². The SMILES string of the molecule is CCC(CC)C(Cc1ccc(OC)cc1)NC. The number of likely N-dealkylation sites (N-methyl/N-ethyl adjacent to an activating group) is 1. The smallest absolute Gasteiger partial charge is 0.118 e. The lowest BCUT2D eigenvalue weighted by Crippen LogP contribution is -2.35. The third kappa shape index (κ3) is 4.04. The molecule has 0 aliphatic rings. The second kappa shape index (κ2) is 7.33. The first-order valence-corrected chi connectivity index (χ1v) is 6.55. The summed E-state index contributed by atoms with van der Waals surface area (Å²) in [5.74, 6) is 1.68. The molecule has 17 heavy (non-hydrogen) atoms. The minimum Gasteiger partial charge on any atom is -0.497 e. The Bertz CT molecular complexity index is 303. The van der Waals surface area contributed by atoms with Crippen molar-refractivity contribution in [3.8, 4) is 5.75 Å². The molecule has 1 aromatic carbocycles. The maximum atomic E-state index is 5.17. The van der Waals surface area contributed by atoms with Gasteiger partial charge < -0.3 is 10.1 Å². The molecular weight excluding hydrogens is 210 g/mol. The number of methoxy groups -OCH3 is 1. The first-order chi connectivity index (χ1) is 8.24. The second-order valence-corrected chi connectivity index (χ2v) is 4.52. The molecular formula is C15H25NO. The summed E-state index contributed by atoms with van der Waals surface area (Å²) in [4.78, 5) is 0. The van der Waals surface area contributed by atoms with E-state index in [1.54, 1.807) is 7.11 Å². The lowest BCUT2D eigenvalue weighted by molar-refractivity contribution is 0.349. The van der Waals surface area contributed by atoms with Crippen molar-refractivity contribution >= 4 is 0 Å². The largest absolute Gasteiger partial charge is 0.497 e. The van der Waals surface area contributed by atoms with Crippen molar-refractivity contribution < 1.29 is 4.74 Å². The highest BCUT2D eigenvalue weighted by Crippen LogP contribution is 2.19. The Morgan fingerprint density at radius 3 is 2.12 bits per heavy atom. The van der Waals surface area contributed by atoms with Gasteiger partial charge in [0.2, 0.25) is 0 Å². The molecule has 1 N–H and O–H groups in total. The molecule has 0 saturated heterocycles. The van der Waals surface area contributed by atoms with Crippen LogP contribution in [0.1, 0.15) is 32.3 Å². The molecule has 1 aromatic rings. The van der Waals surface area contributed by atoms with Crippen molar-refractivity contribution in [3.05, 3.63) is 29.8 Å². The maximum Gasteiger partial charge on any atom is 0.118 e. The minimum absolute atomic E-state index is 0.568. The quantitative estimate of drug-likeness (QED) is 0.783. The van der Waals surface area contributed by atoms with Crippen LogP contribution in [0, 0.1) is 5.92 Å². The number of benzene rings is 1. The van der Waals surface area contributed by atoms with Crippen molar-refractivity contribution in [2.45, 2.75) is 39.2 Å². The van der Waals surface area contributed by atoms with Gasteiger partial charge in [-0.15, -0.1) is 0 Å². The van der Waals surface area contributed by atoms with Crippen molar-refractivity contribution in [2.24, 2.45) is 5.92 Å². The van der Waals surface area contributed by atoms with Gasteiger partial charge in [-0.05, 0) is 37.1 Å². The van der Waals surface area contributed by atoms with Gasteiger partial charge in [0.1, 0.15) is 5.75 Å². The fourth-order valence-electron chi connectivity index (χ4n) is 2.38. The summed E-state index contributed by atoms with van der Waals surface area (Å²) in [6.07, 6.45) is 3.56. The van der Waals surface area contributed by atoms with Crippen LogP contribution in [0.3, 0.4) is 0 Å². The van der Waals surface area contributed by atoms with Crippen LogP contribution in [0.2, 0.25) is 0 Å². The van der Waals surface area contributed by atoms with Gasteiger partial charge in [-0.25, -0.2) is 0 Å². The Morgan fingerprint density at radius 2 is 1.71 bits per heavy atom. The Morgan fingerprint density at radius 1 is 1.12 bits per heavy atom. The van der Waals surface area contributed by atoms with Gasteiger partial charge in [0, 0.05) is 6.04 Å². The van der Waals surface area contributed by atoms with Crippen molar-refractivity contribution in [1.82, 2.24) is 5.32 Å². The van der Waals surface area contributed by atoms with Crippen LogP contribution < -0.4 is 10.1 Å². The lowest BCUT2D eigenvalue weighted by atomic mass is 9.89. The van der Waals surface area contributed by atoms with Crippen LogP contribution in [-0.4, -0.2) is 20.2 Å². The van der Waals surface area contributed by atoms with E-state index in [9.17, 15) is 0 Å². The standard InChI is InChI=1S/C15H25NO/c1-5-13(6-2)15(16-3)11-12-7-9-14(17-4)10-8-12/h7-10,13,15-16H,5-6,11H2,1-4H3. The molecule has 1 unspecified atom stereocenters. The third-order valence-corrected chi connectivity index (χ3v) is 3.60. The maximum absolute atomic E-state index is 5.17. The van der Waals surface area contributed by atoms with E-state index in [2.05, 4.69) is 38.3 Å². The molecule has 0 heterocycles. The molecule has 0 radical (unpaired) electrons. The highest BCUT2D eigenvalue weighted by molar-refractivity contribution is 5.27. The molecule has 1 atom stereocenters. The summed E-state index contributed by atoms with van der Waals surface area (Å²) in [5.41, 5.74) is 1.37. The average molecular weight is 235 g/mol. The highest BCUT2D eigenvalue weighted by Gasteiger charge is 2.16. The molecule has 0 amide bonds. The molecule has 0 aromatic heterocycles. The van der Waals surface area contributed by atoms with E-state index >= 15 is 0 Å². The van der Waals surface area contributed by atoms with E-state index < -0.39 is 0 Å². The highest BCUT2D eigenvalue weighted by atomic mass is 16.5. The topological polar surface area (TPSA) is 21.3 Å². The van der Waals surface area contributed by atoms with Crippen LogP contribution >= 0.6 is 0 Å². The van der Waals surface area contributed by atoms with E-state index in [1.807, 2.05) is 12.1 Å². The molecule has 0 aliphatic carbocycles. The van der Waals surface area contributed by atoms with Gasteiger partial charge in [-0.2, -0.15) is 0 Å². The Labute approximate surface area is 105 Å². The first kappa shape index (κ1) is 14.0. The average Bonchev–Trinajstić information content (AvgIpc) is 2.39. The first-order valence-electron chi connectivity index (χ1n) is 6.55. The predicted molar refractivity (Wildman–Crippen MR) is 73.6 cm³/mol. The van der Waals surface area contributed by atoms with Crippen molar-refractivity contribution in [1.29, 1.82) is 0 Å². The number of hydrogen-bond donors (Lipinski definition) is 1. The van der Waals surface area contributed by atoms with Gasteiger partial charge in [0.05, 0.1) is 7.11 Å². The molecule has 0 aliphatic heterocycles. The molecule has 0 bridgehead atoms. The molecule has 96 valence electrons. The Balaban J connectivity index is 2.66. The van der Waals surface area contributed by atoms with E-state index in [-0.39, 0.29) is 0 Å². The number of hydrogen-bond acceptors (Lipinski definition) is 2. The number of nitrogens with one attached hydrogen (secondary N) is 1. The summed E-state index contributed by atoms with van der Waals surface area (Å²) in [6.45, 7) is 4.54. The van der Waals surface area contributed by atoms with Gasteiger partial charge >= 0.3 is 0 Å². The van der Waals surface area contributed by atoms with Crippen LogP contribution in [-0.2, 0) is 6.42 Å². The Kier molecular flexibility index (Phi) is 6.06. The number of ether oxygens (including phenoxy) is 1. The third-order valence-electron chi connectivity index (χ3n) is 3.60. The predicted octanol–water partition coefficient (Wildman–Crippen LogP) is 3.26. The van der Waals surface area contributed by atoms with Gasteiger partial charge in [0.25, 0.3) is 0 Å². The zero-order valence-electron chi connectivity index (χ0n) is 11.5. The van der Waals surface area contributed by atoms with Crippen LogP contribution in [0.15, 0.2) is 24.3 Å². The van der Waals surface area contributed by atoms with Crippen LogP contribution in [0.25, 0.3) is 0 Å². The monoisotopic (exact) mass is 235 g/mol. The summed E-state index contributed by atoms with van der Waals surface area (Å²) >= 11 is 0. The summed E-state index contributed by atoms with van der Waals surface area (Å²) < 4.78 is 5.17. The zero-order valence-corrected chi connectivity index (χ0v) is 11.5. The van der Waals surface area contributed by atoms with Crippen molar-refractivity contribution in [2.75, 3.05) is 14.2 Å². The van der Waals surface area contributed by atoms with Crippen LogP contribution in [0.4, 0.5) is 0 Å². The second-order valence-electron chi connectivity index (χ2n) is 4.52. The van der Waals surface area contributed by atoms with Crippen molar-refractivity contribution in [3.63, 3.8) is 0 Å². The molecule has 2 nitrogen and oxygen atoms in total. The van der Waals surface area contributed by atoms with E-state index in [1.165, 1.54) is 18.4 Å². The normalized spacial score (nSPS) is 12.8. The summed E-state index contributed by atoms with van der Waals surface area (Å²) in [6, 6.07) is 8.96. The molecule has 0 fully saturated rings. The molecule has 2 heteroatoms. The minimum atomic E-state index is 0.568. The fourth-order valence-corrected chi connectivity index (χ4v) is 2.38. The Hall–Kier alpha value is -1.02. The molecule has 0 spiro atoms.